The van der Waals surface area contributed by atoms with E-state index in [0.29, 0.717) is 21.6 Å². The second-order valence-corrected chi connectivity index (χ2v) is 7.70. The number of benzene rings is 1. The molecule has 0 fully saturated rings. The number of amides is 2. The first-order chi connectivity index (χ1) is 12.4. The molecule has 0 spiro atoms. The van der Waals surface area contributed by atoms with Gasteiger partial charge in [0.25, 0.3) is 0 Å². The van der Waals surface area contributed by atoms with E-state index in [1.54, 1.807) is 12.1 Å². The van der Waals surface area contributed by atoms with Crippen LogP contribution in [-0.4, -0.2) is 40.6 Å². The van der Waals surface area contributed by atoms with Crippen molar-refractivity contribution in [3.63, 3.8) is 0 Å². The summed E-state index contributed by atoms with van der Waals surface area (Å²) in [5.74, 6) is 0.313. The Morgan fingerprint density at radius 2 is 1.92 bits per heavy atom. The quantitative estimate of drug-likeness (QED) is 0.687. The highest BCUT2D eigenvalue weighted by Crippen LogP contribution is 2.31. The van der Waals surface area contributed by atoms with E-state index in [9.17, 15) is 9.59 Å². The fraction of sp³-hybridized carbons (Fsp3) is 0.375. The van der Waals surface area contributed by atoms with Crippen LogP contribution in [0.3, 0.4) is 0 Å². The molecule has 0 radical (unpaired) electrons. The van der Waals surface area contributed by atoms with Crippen molar-refractivity contribution < 1.29 is 14.3 Å². The average molecular weight is 415 g/mol. The third-order valence-corrected chi connectivity index (χ3v) is 5.56. The summed E-state index contributed by atoms with van der Waals surface area (Å²) < 4.78 is 5.22. The minimum Gasteiger partial charge on any atom is -0.495 e. The average Bonchev–Trinajstić information content (AvgIpc) is 3.05. The Hall–Kier alpha value is -1.84. The lowest BCUT2D eigenvalue weighted by Crippen LogP contribution is -2.18. The van der Waals surface area contributed by atoms with Crippen molar-refractivity contribution in [1.82, 2.24) is 10.2 Å². The van der Waals surface area contributed by atoms with E-state index in [4.69, 9.17) is 16.3 Å². The van der Waals surface area contributed by atoms with Gasteiger partial charge in [0.05, 0.1) is 24.3 Å². The molecule has 7 nitrogen and oxygen atoms in total. The number of nitrogens with one attached hydrogen (secondary N) is 2. The van der Waals surface area contributed by atoms with Gasteiger partial charge in [-0.2, -0.15) is 0 Å². The van der Waals surface area contributed by atoms with Crippen LogP contribution in [-0.2, 0) is 16.0 Å². The largest absolute Gasteiger partial charge is 0.495 e. The number of thioether (sulfide) groups is 1. The van der Waals surface area contributed by atoms with Gasteiger partial charge in [0.2, 0.25) is 16.9 Å². The first-order valence-electron chi connectivity index (χ1n) is 7.76. The van der Waals surface area contributed by atoms with Crippen molar-refractivity contribution in [2.45, 2.75) is 20.3 Å². The number of rotatable bonds is 8. The van der Waals surface area contributed by atoms with E-state index in [1.807, 2.05) is 13.8 Å². The van der Waals surface area contributed by atoms with E-state index < -0.39 is 0 Å². The molecule has 0 bridgehead atoms. The van der Waals surface area contributed by atoms with Crippen LogP contribution in [0, 0.1) is 6.92 Å². The summed E-state index contributed by atoms with van der Waals surface area (Å²) in [5, 5.41) is 15.2. The Balaban J connectivity index is 1.80. The topological polar surface area (TPSA) is 93.2 Å². The van der Waals surface area contributed by atoms with Gasteiger partial charge in [-0.25, -0.2) is 0 Å². The maximum atomic E-state index is 12.1. The lowest BCUT2D eigenvalue weighted by atomic mass is 10.2. The number of ether oxygens (including phenoxy) is 1. The van der Waals surface area contributed by atoms with Crippen molar-refractivity contribution in [2.24, 2.45) is 0 Å². The third kappa shape index (κ3) is 5.86. The summed E-state index contributed by atoms with van der Waals surface area (Å²) in [4.78, 5) is 24.0. The SMILES string of the molecule is CCc1nnc(NC(=O)CSCC(=O)Nc2cc(C)c(Cl)cc2OC)s1. The molecule has 1 heterocycles. The van der Waals surface area contributed by atoms with Gasteiger partial charge in [-0.1, -0.05) is 29.9 Å². The van der Waals surface area contributed by atoms with Gasteiger partial charge >= 0.3 is 0 Å². The molecule has 0 saturated heterocycles. The van der Waals surface area contributed by atoms with E-state index >= 15 is 0 Å². The molecular formula is C16H19ClN4O3S2. The van der Waals surface area contributed by atoms with Gasteiger partial charge in [-0.05, 0) is 25.0 Å². The molecule has 2 aromatic rings. The van der Waals surface area contributed by atoms with Gasteiger partial charge in [-0.3, -0.25) is 14.9 Å². The minimum atomic E-state index is -0.230. The summed E-state index contributed by atoms with van der Waals surface area (Å²) in [6.45, 7) is 3.81. The summed E-state index contributed by atoms with van der Waals surface area (Å²) in [6, 6.07) is 3.40. The van der Waals surface area contributed by atoms with Crippen LogP contribution < -0.4 is 15.4 Å². The first kappa shape index (κ1) is 20.5. The Bertz CT molecular complexity index is 798. The monoisotopic (exact) mass is 414 g/mol. The Morgan fingerprint density at radius 1 is 1.23 bits per heavy atom. The summed E-state index contributed by atoms with van der Waals surface area (Å²) in [6.07, 6.45) is 0.774. The normalized spacial score (nSPS) is 10.5. The lowest BCUT2D eigenvalue weighted by molar-refractivity contribution is -0.114. The molecule has 0 aliphatic rings. The van der Waals surface area contributed by atoms with Gasteiger partial charge < -0.3 is 10.1 Å². The highest BCUT2D eigenvalue weighted by molar-refractivity contribution is 8.00. The fourth-order valence-corrected chi connectivity index (χ4v) is 3.42. The molecule has 0 saturated carbocycles. The molecule has 1 aromatic heterocycles. The summed E-state index contributed by atoms with van der Waals surface area (Å²) in [7, 11) is 1.51. The van der Waals surface area contributed by atoms with Crippen LogP contribution in [0.15, 0.2) is 12.1 Å². The smallest absolute Gasteiger partial charge is 0.236 e. The number of nitrogens with zero attached hydrogens (tertiary/aromatic N) is 2. The Labute approximate surface area is 164 Å². The van der Waals surface area contributed by atoms with Gasteiger partial charge in [0.1, 0.15) is 10.8 Å². The van der Waals surface area contributed by atoms with Crippen molar-refractivity contribution >= 4 is 57.3 Å². The van der Waals surface area contributed by atoms with Crippen molar-refractivity contribution in [3.8, 4) is 5.75 Å². The van der Waals surface area contributed by atoms with E-state index in [0.717, 1.165) is 17.0 Å². The number of carbonyl (C=O) groups excluding carboxylic acids is 2. The molecule has 2 rings (SSSR count). The number of hydrogen-bond acceptors (Lipinski definition) is 7. The molecule has 0 unspecified atom stereocenters. The van der Waals surface area contributed by atoms with Gasteiger partial charge in [0, 0.05) is 11.1 Å². The molecule has 26 heavy (non-hydrogen) atoms. The van der Waals surface area contributed by atoms with Crippen LogP contribution in [0.2, 0.25) is 5.02 Å². The number of halogens is 1. The Morgan fingerprint density at radius 3 is 2.54 bits per heavy atom. The molecule has 0 aliphatic heterocycles. The molecule has 10 heteroatoms. The highest BCUT2D eigenvalue weighted by atomic mass is 35.5. The van der Waals surface area contributed by atoms with Crippen molar-refractivity contribution in [3.05, 3.63) is 27.7 Å². The predicted molar refractivity (Wildman–Crippen MR) is 107 cm³/mol. The number of hydrogen-bond donors (Lipinski definition) is 2. The molecule has 2 N–H and O–H groups in total. The second-order valence-electron chi connectivity index (χ2n) is 5.25. The van der Waals surface area contributed by atoms with Gasteiger partial charge in [0.15, 0.2) is 0 Å². The van der Waals surface area contributed by atoms with E-state index in [1.165, 1.54) is 30.2 Å². The van der Waals surface area contributed by atoms with Crippen LogP contribution in [0.1, 0.15) is 17.5 Å². The minimum absolute atomic E-state index is 0.134. The Kier molecular flexibility index (Phi) is 7.67. The molecule has 1 aromatic carbocycles. The summed E-state index contributed by atoms with van der Waals surface area (Å²) >= 11 is 8.60. The fourth-order valence-electron chi connectivity index (χ4n) is 1.95. The number of methoxy groups -OCH3 is 1. The van der Waals surface area contributed by atoms with Crippen LogP contribution in [0.25, 0.3) is 0 Å². The second kappa shape index (κ2) is 9.75. The number of anilines is 2. The first-order valence-corrected chi connectivity index (χ1v) is 10.1. The third-order valence-electron chi connectivity index (χ3n) is 3.24. The predicted octanol–water partition coefficient (Wildman–Crippen LogP) is 3.38. The molecular weight excluding hydrogens is 396 g/mol. The zero-order valence-electron chi connectivity index (χ0n) is 14.6. The van der Waals surface area contributed by atoms with Crippen molar-refractivity contribution in [2.75, 3.05) is 29.2 Å². The lowest BCUT2D eigenvalue weighted by Gasteiger charge is -2.12. The number of aryl methyl sites for hydroxylation is 2. The molecule has 0 atom stereocenters. The summed E-state index contributed by atoms with van der Waals surface area (Å²) in [5.41, 5.74) is 1.38. The number of carbonyl (C=O) groups is 2. The molecule has 140 valence electrons. The van der Waals surface area contributed by atoms with Crippen molar-refractivity contribution in [1.29, 1.82) is 0 Å². The highest BCUT2D eigenvalue weighted by Gasteiger charge is 2.12. The standard InChI is InChI=1S/C16H19ClN4O3S2/c1-4-15-20-21-16(26-15)19-14(23)8-25-7-13(22)18-11-5-9(2)10(17)6-12(11)24-3/h5-6H,4,7-8H2,1-3H3,(H,18,22)(H,19,21,23). The zero-order chi connectivity index (χ0) is 19.1. The van der Waals surface area contributed by atoms with Crippen LogP contribution >= 0.6 is 34.7 Å². The molecule has 0 aliphatic carbocycles. The maximum absolute atomic E-state index is 12.1. The van der Waals surface area contributed by atoms with Crippen LogP contribution in [0.5, 0.6) is 5.75 Å². The van der Waals surface area contributed by atoms with Crippen LogP contribution in [0.4, 0.5) is 10.8 Å². The van der Waals surface area contributed by atoms with Gasteiger partial charge in [-0.15, -0.1) is 22.0 Å². The van der Waals surface area contributed by atoms with E-state index in [-0.39, 0.29) is 23.3 Å². The number of aromatic nitrogens is 2. The maximum Gasteiger partial charge on any atom is 0.236 e. The van der Waals surface area contributed by atoms with E-state index in [2.05, 4.69) is 20.8 Å². The zero-order valence-corrected chi connectivity index (χ0v) is 17.0. The molecule has 2 amide bonds.